The Bertz CT molecular complexity index is 1660. The molecule has 1 aliphatic rings. The molecular formula is C35H44FN3O6S. The second kappa shape index (κ2) is 14.0. The number of carbonyl (C=O) groups is 1. The van der Waals surface area contributed by atoms with E-state index in [9.17, 15) is 17.6 Å². The number of rotatable bonds is 11. The molecule has 248 valence electrons. The van der Waals surface area contributed by atoms with Gasteiger partial charge in [-0.2, -0.15) is 0 Å². The van der Waals surface area contributed by atoms with Crippen LogP contribution in [0.5, 0.6) is 0 Å². The predicted octanol–water partition coefficient (Wildman–Crippen LogP) is 6.68. The van der Waals surface area contributed by atoms with Crippen LogP contribution in [0.4, 0.5) is 10.3 Å². The summed E-state index contributed by atoms with van der Waals surface area (Å²) < 4.78 is 57.8. The van der Waals surface area contributed by atoms with E-state index in [2.05, 4.69) is 9.97 Å². The zero-order valence-corrected chi connectivity index (χ0v) is 28.6. The minimum Gasteiger partial charge on any atom is -0.459 e. The molecule has 0 unspecified atom stereocenters. The number of hydrogen-bond acceptors (Lipinski definition) is 8. The van der Waals surface area contributed by atoms with Crippen molar-refractivity contribution < 1.29 is 31.8 Å². The van der Waals surface area contributed by atoms with Crippen LogP contribution in [0.3, 0.4) is 0 Å². The van der Waals surface area contributed by atoms with E-state index in [1.165, 1.54) is 19.2 Å². The number of esters is 1. The van der Waals surface area contributed by atoms with Crippen LogP contribution in [0, 0.1) is 5.82 Å². The Morgan fingerprint density at radius 3 is 2.37 bits per heavy atom. The lowest BCUT2D eigenvalue weighted by Crippen LogP contribution is -2.45. The maximum atomic E-state index is 13.9. The van der Waals surface area contributed by atoms with Crippen LogP contribution in [0.25, 0.3) is 17.3 Å². The lowest BCUT2D eigenvalue weighted by molar-refractivity contribution is -0.290. The van der Waals surface area contributed by atoms with Gasteiger partial charge in [-0.05, 0) is 63.4 Å². The van der Waals surface area contributed by atoms with Crippen molar-refractivity contribution in [3.63, 3.8) is 0 Å². The number of halogens is 1. The van der Waals surface area contributed by atoms with Gasteiger partial charge in [0.1, 0.15) is 11.4 Å². The number of carbonyl (C=O) groups excluding carboxylic acids is 1. The number of aromatic nitrogens is 2. The van der Waals surface area contributed by atoms with Crippen LogP contribution in [0.15, 0.2) is 60.7 Å². The summed E-state index contributed by atoms with van der Waals surface area (Å²) in [5.41, 5.74) is 2.70. The highest BCUT2D eigenvalue weighted by molar-refractivity contribution is 7.92. The summed E-state index contributed by atoms with van der Waals surface area (Å²) in [5.74, 6) is -1.83. The summed E-state index contributed by atoms with van der Waals surface area (Å²) in [4.78, 5) is 22.3. The summed E-state index contributed by atoms with van der Waals surface area (Å²) in [6.45, 7) is 11.3. The first-order chi connectivity index (χ1) is 21.4. The van der Waals surface area contributed by atoms with Crippen molar-refractivity contribution in [1.82, 2.24) is 9.97 Å². The molecule has 1 saturated heterocycles. The summed E-state index contributed by atoms with van der Waals surface area (Å²) in [7, 11) is -2.25. The summed E-state index contributed by atoms with van der Waals surface area (Å²) in [6, 6.07) is 15.7. The molecule has 0 aliphatic carbocycles. The molecule has 2 aromatic carbocycles. The molecule has 11 heteroatoms. The first-order valence-corrected chi connectivity index (χ1v) is 17.2. The first-order valence-electron chi connectivity index (χ1n) is 15.3. The largest absolute Gasteiger partial charge is 0.459 e. The van der Waals surface area contributed by atoms with Gasteiger partial charge in [0.2, 0.25) is 16.0 Å². The molecule has 46 heavy (non-hydrogen) atoms. The van der Waals surface area contributed by atoms with Crippen LogP contribution in [0.2, 0.25) is 0 Å². The predicted molar refractivity (Wildman–Crippen MR) is 177 cm³/mol. The number of nitrogens with zero attached hydrogens (tertiary/aromatic N) is 3. The molecule has 0 saturated carbocycles. The van der Waals surface area contributed by atoms with Gasteiger partial charge in [-0.25, -0.2) is 27.1 Å². The van der Waals surface area contributed by atoms with Gasteiger partial charge in [-0.15, -0.1) is 0 Å². The Labute approximate surface area is 271 Å². The van der Waals surface area contributed by atoms with Crippen molar-refractivity contribution >= 4 is 28.0 Å². The van der Waals surface area contributed by atoms with Gasteiger partial charge < -0.3 is 14.2 Å². The average Bonchev–Trinajstić information content (AvgIpc) is 2.94. The van der Waals surface area contributed by atoms with Gasteiger partial charge in [0.15, 0.2) is 5.79 Å². The second-order valence-electron chi connectivity index (χ2n) is 13.1. The lowest BCUT2D eigenvalue weighted by atomic mass is 9.96. The molecule has 0 N–H and O–H groups in total. The highest BCUT2D eigenvalue weighted by atomic mass is 32.2. The smallest absolute Gasteiger partial charge is 0.308 e. The van der Waals surface area contributed by atoms with Crippen LogP contribution in [0.1, 0.15) is 77.1 Å². The van der Waals surface area contributed by atoms with Gasteiger partial charge >= 0.3 is 5.97 Å². The quantitative estimate of drug-likeness (QED) is 0.211. The van der Waals surface area contributed by atoms with E-state index in [-0.39, 0.29) is 24.3 Å². The molecule has 1 aliphatic heterocycles. The molecule has 1 fully saturated rings. The Morgan fingerprint density at radius 1 is 1.11 bits per heavy atom. The maximum Gasteiger partial charge on any atom is 0.308 e. The fourth-order valence-corrected chi connectivity index (χ4v) is 5.83. The third-order valence-electron chi connectivity index (χ3n) is 7.52. The van der Waals surface area contributed by atoms with Crippen molar-refractivity contribution in [3.8, 4) is 11.3 Å². The SMILES string of the molecule is CC(C)c1nc(N(C)S(C)(=O)=O)nc(-c2ccc(F)cc2)c1/C=C/[C@@H]1C[C@H](CC(=O)OC(C)(C)Cc2ccccc2)OC(C)(C)O1. The third kappa shape index (κ3) is 9.43. The molecule has 0 spiro atoms. The Kier molecular flexibility index (Phi) is 10.7. The van der Waals surface area contributed by atoms with Crippen molar-refractivity contribution in [2.75, 3.05) is 17.6 Å². The normalized spacial score (nSPS) is 18.6. The van der Waals surface area contributed by atoms with Crippen LogP contribution >= 0.6 is 0 Å². The van der Waals surface area contributed by atoms with Crippen molar-refractivity contribution in [3.05, 3.63) is 83.3 Å². The fraction of sp³-hybridized carbons (Fsp3) is 0.457. The summed E-state index contributed by atoms with van der Waals surface area (Å²) >= 11 is 0. The average molecular weight is 654 g/mol. The molecule has 0 amide bonds. The first kappa shape index (κ1) is 35.2. The minimum absolute atomic E-state index is 0.0138. The fourth-order valence-electron chi connectivity index (χ4n) is 5.45. The van der Waals surface area contributed by atoms with Gasteiger partial charge in [0.25, 0.3) is 0 Å². The van der Waals surface area contributed by atoms with Crippen LogP contribution in [-0.4, -0.2) is 61.3 Å². The Balaban J connectivity index is 1.61. The maximum absolute atomic E-state index is 13.9. The van der Waals surface area contributed by atoms with Gasteiger partial charge in [-0.1, -0.05) is 56.3 Å². The zero-order chi connectivity index (χ0) is 33.9. The Morgan fingerprint density at radius 2 is 1.76 bits per heavy atom. The van der Waals surface area contributed by atoms with Gasteiger partial charge in [0, 0.05) is 31.0 Å². The number of anilines is 1. The van der Waals surface area contributed by atoms with E-state index in [0.29, 0.717) is 35.4 Å². The molecule has 0 radical (unpaired) electrons. The van der Waals surface area contributed by atoms with Crippen LogP contribution < -0.4 is 4.31 Å². The number of sulfonamides is 1. The monoisotopic (exact) mass is 653 g/mol. The minimum atomic E-state index is -3.64. The van der Waals surface area contributed by atoms with Crippen molar-refractivity contribution in [2.24, 2.45) is 0 Å². The zero-order valence-electron chi connectivity index (χ0n) is 27.8. The van der Waals surface area contributed by atoms with E-state index in [4.69, 9.17) is 14.2 Å². The molecule has 3 aromatic rings. The second-order valence-corrected chi connectivity index (χ2v) is 15.1. The molecule has 2 heterocycles. The van der Waals surface area contributed by atoms with E-state index in [1.54, 1.807) is 26.0 Å². The van der Waals surface area contributed by atoms with Gasteiger partial charge in [-0.3, -0.25) is 4.79 Å². The third-order valence-corrected chi connectivity index (χ3v) is 8.68. The number of hydrogen-bond donors (Lipinski definition) is 0. The van der Waals surface area contributed by atoms with E-state index >= 15 is 0 Å². The van der Waals surface area contributed by atoms with Crippen LogP contribution in [-0.2, 0) is 35.4 Å². The van der Waals surface area contributed by atoms with Crippen molar-refractivity contribution in [1.29, 1.82) is 0 Å². The molecule has 9 nitrogen and oxygen atoms in total. The molecule has 4 rings (SSSR count). The number of ether oxygens (including phenoxy) is 3. The summed E-state index contributed by atoms with van der Waals surface area (Å²) in [5, 5.41) is 0. The Hall–Kier alpha value is -3.67. The van der Waals surface area contributed by atoms with E-state index < -0.39 is 39.4 Å². The van der Waals surface area contributed by atoms with E-state index in [1.807, 2.05) is 70.2 Å². The molecule has 1 aromatic heterocycles. The summed E-state index contributed by atoms with van der Waals surface area (Å²) in [6.07, 6.45) is 4.95. The standard InChI is InChI=1S/C35H44FN3O6S/c1-23(2)31-29(32(25-14-16-26(36)17-15-25)38-33(37-31)39(7)46(8,41)42)19-18-27-20-28(44-35(5,6)43-27)21-30(40)45-34(3,4)22-24-12-10-9-11-13-24/h9-19,23,27-28H,20-22H2,1-8H3/b19-18+/t27-,28-/m1/s1. The molecular weight excluding hydrogens is 609 g/mol. The molecule has 0 bridgehead atoms. The van der Waals surface area contributed by atoms with Crippen molar-refractivity contribution in [2.45, 2.75) is 90.3 Å². The number of benzene rings is 2. The van der Waals surface area contributed by atoms with E-state index in [0.717, 1.165) is 16.1 Å². The topological polar surface area (TPSA) is 108 Å². The highest BCUT2D eigenvalue weighted by Crippen LogP contribution is 2.34. The van der Waals surface area contributed by atoms with Gasteiger partial charge in [0.05, 0.1) is 36.3 Å². The molecule has 2 atom stereocenters. The lowest BCUT2D eigenvalue weighted by Gasteiger charge is -2.40. The highest BCUT2D eigenvalue weighted by Gasteiger charge is 2.37.